The van der Waals surface area contributed by atoms with Crippen molar-refractivity contribution in [3.8, 4) is 0 Å². The summed E-state index contributed by atoms with van der Waals surface area (Å²) in [5.41, 5.74) is 1.90. The molecule has 1 saturated heterocycles. The Kier molecular flexibility index (Phi) is 5.55. The maximum Gasteiger partial charge on any atom is 0.262 e. The van der Waals surface area contributed by atoms with Gasteiger partial charge in [0, 0.05) is 18.8 Å². The van der Waals surface area contributed by atoms with E-state index < -0.39 is 0 Å². The Hall–Kier alpha value is -3.72. The van der Waals surface area contributed by atoms with Crippen LogP contribution in [0.15, 0.2) is 53.3 Å². The van der Waals surface area contributed by atoms with E-state index in [1.807, 2.05) is 53.8 Å². The molecule has 0 aliphatic carbocycles. The molecule has 0 radical (unpaired) electrons. The van der Waals surface area contributed by atoms with E-state index in [1.165, 1.54) is 0 Å². The first kappa shape index (κ1) is 21.1. The molecule has 4 aromatic rings. The van der Waals surface area contributed by atoms with Gasteiger partial charge < -0.3 is 15.3 Å². The zero-order chi connectivity index (χ0) is 22.9. The Bertz CT molecular complexity index is 1390. The number of aliphatic hydroxyl groups is 1. The van der Waals surface area contributed by atoms with Crippen molar-refractivity contribution in [1.82, 2.24) is 24.1 Å². The number of para-hydroxylation sites is 2. The SMILES string of the molecule is CCn1c(=O)c2ccccc2n2c(CNc3ccccc3C(=O)N3CCCC3CO)nnc12. The molecule has 3 heterocycles. The smallest absolute Gasteiger partial charge is 0.262 e. The van der Waals surface area contributed by atoms with E-state index in [9.17, 15) is 14.7 Å². The topological polar surface area (TPSA) is 105 Å². The van der Waals surface area contributed by atoms with Crippen LogP contribution < -0.4 is 10.9 Å². The van der Waals surface area contributed by atoms with Crippen LogP contribution in [0.4, 0.5) is 5.69 Å². The number of nitrogens with one attached hydrogen (secondary N) is 1. The summed E-state index contributed by atoms with van der Waals surface area (Å²) in [6.07, 6.45) is 1.71. The highest BCUT2D eigenvalue weighted by molar-refractivity contribution is 6.00. The molecule has 0 saturated carbocycles. The van der Waals surface area contributed by atoms with Crippen molar-refractivity contribution < 1.29 is 9.90 Å². The second-order valence-corrected chi connectivity index (χ2v) is 8.19. The molecule has 1 atom stereocenters. The number of amides is 1. The number of nitrogens with zero attached hydrogens (tertiary/aromatic N) is 5. The highest BCUT2D eigenvalue weighted by Crippen LogP contribution is 2.24. The first-order chi connectivity index (χ1) is 16.1. The van der Waals surface area contributed by atoms with Crippen molar-refractivity contribution in [3.05, 3.63) is 70.3 Å². The highest BCUT2D eigenvalue weighted by atomic mass is 16.3. The van der Waals surface area contributed by atoms with Crippen LogP contribution in [0.2, 0.25) is 0 Å². The fourth-order valence-electron chi connectivity index (χ4n) is 4.66. The molecule has 1 amide bonds. The summed E-state index contributed by atoms with van der Waals surface area (Å²) < 4.78 is 3.50. The molecule has 170 valence electrons. The third-order valence-corrected chi connectivity index (χ3v) is 6.33. The highest BCUT2D eigenvalue weighted by Gasteiger charge is 2.30. The molecule has 9 heteroatoms. The lowest BCUT2D eigenvalue weighted by Gasteiger charge is -2.24. The van der Waals surface area contributed by atoms with Crippen molar-refractivity contribution >= 4 is 28.3 Å². The van der Waals surface area contributed by atoms with Crippen LogP contribution in [0, 0.1) is 0 Å². The van der Waals surface area contributed by atoms with Crippen molar-refractivity contribution in [2.75, 3.05) is 18.5 Å². The largest absolute Gasteiger partial charge is 0.394 e. The first-order valence-electron chi connectivity index (χ1n) is 11.2. The quantitative estimate of drug-likeness (QED) is 0.471. The third-order valence-electron chi connectivity index (χ3n) is 6.33. The molecule has 33 heavy (non-hydrogen) atoms. The second kappa shape index (κ2) is 8.67. The minimum absolute atomic E-state index is 0.0285. The number of carbonyl (C=O) groups is 1. The van der Waals surface area contributed by atoms with E-state index in [2.05, 4.69) is 15.5 Å². The summed E-state index contributed by atoms with van der Waals surface area (Å²) in [6, 6.07) is 14.7. The molecule has 1 fully saturated rings. The molecular weight excluding hydrogens is 420 g/mol. The zero-order valence-corrected chi connectivity index (χ0v) is 18.4. The predicted molar refractivity (Wildman–Crippen MR) is 125 cm³/mol. The van der Waals surface area contributed by atoms with Gasteiger partial charge in [-0.05, 0) is 44.0 Å². The van der Waals surface area contributed by atoms with Gasteiger partial charge >= 0.3 is 0 Å². The fraction of sp³-hybridized carbons (Fsp3) is 0.333. The molecule has 2 aromatic carbocycles. The van der Waals surface area contributed by atoms with Gasteiger partial charge in [0.1, 0.15) is 0 Å². The van der Waals surface area contributed by atoms with Gasteiger partial charge in [0.15, 0.2) is 5.82 Å². The number of likely N-dealkylation sites (tertiary alicyclic amines) is 1. The minimum atomic E-state index is -0.136. The Balaban J connectivity index is 1.50. The Labute approximate surface area is 190 Å². The molecule has 0 bridgehead atoms. The summed E-state index contributed by atoms with van der Waals surface area (Å²) in [5, 5.41) is 22.2. The number of hydrogen-bond donors (Lipinski definition) is 2. The number of fused-ring (bicyclic) bond motifs is 3. The van der Waals surface area contributed by atoms with Gasteiger partial charge in [-0.3, -0.25) is 18.6 Å². The van der Waals surface area contributed by atoms with Crippen molar-refractivity contribution in [3.63, 3.8) is 0 Å². The monoisotopic (exact) mass is 446 g/mol. The lowest BCUT2D eigenvalue weighted by molar-refractivity contribution is 0.0678. The zero-order valence-electron chi connectivity index (χ0n) is 18.4. The predicted octanol–water partition coefficient (Wildman–Crippen LogP) is 2.27. The average Bonchev–Trinajstić information content (AvgIpc) is 3.50. The number of aromatic nitrogens is 4. The van der Waals surface area contributed by atoms with Gasteiger partial charge in [-0.25, -0.2) is 0 Å². The standard InChI is InChI=1S/C24H26N6O3/c1-2-28-23(33)18-10-4-6-12-20(18)30-21(26-27-24(28)30)14-25-19-11-5-3-9-17(19)22(32)29-13-7-8-16(29)15-31/h3-6,9-12,16,25,31H,2,7-8,13-15H2,1H3. The summed E-state index contributed by atoms with van der Waals surface area (Å²) in [7, 11) is 0. The van der Waals surface area contributed by atoms with Crippen LogP contribution in [0.25, 0.3) is 16.7 Å². The number of benzene rings is 2. The van der Waals surface area contributed by atoms with Gasteiger partial charge in [-0.1, -0.05) is 24.3 Å². The number of anilines is 1. The van der Waals surface area contributed by atoms with Gasteiger partial charge in [0.05, 0.1) is 35.7 Å². The minimum Gasteiger partial charge on any atom is -0.394 e. The third kappa shape index (κ3) is 3.54. The van der Waals surface area contributed by atoms with Gasteiger partial charge in [0.2, 0.25) is 5.78 Å². The van der Waals surface area contributed by atoms with E-state index in [-0.39, 0.29) is 24.1 Å². The van der Waals surface area contributed by atoms with Crippen LogP contribution in [-0.2, 0) is 13.1 Å². The molecule has 0 spiro atoms. The number of aliphatic hydroxyl groups excluding tert-OH is 1. The second-order valence-electron chi connectivity index (χ2n) is 8.19. The maximum atomic E-state index is 13.2. The Morgan fingerprint density at radius 3 is 2.76 bits per heavy atom. The van der Waals surface area contributed by atoms with Gasteiger partial charge in [-0.2, -0.15) is 0 Å². The van der Waals surface area contributed by atoms with Crippen LogP contribution in [0.1, 0.15) is 35.9 Å². The van der Waals surface area contributed by atoms with E-state index in [0.29, 0.717) is 47.9 Å². The van der Waals surface area contributed by atoms with Gasteiger partial charge in [-0.15, -0.1) is 10.2 Å². The maximum absolute atomic E-state index is 13.2. The Morgan fingerprint density at radius 2 is 1.94 bits per heavy atom. The molecule has 2 N–H and O–H groups in total. The molecule has 5 rings (SSSR count). The Morgan fingerprint density at radius 1 is 1.15 bits per heavy atom. The summed E-state index contributed by atoms with van der Waals surface area (Å²) in [6.45, 7) is 3.33. The van der Waals surface area contributed by atoms with Crippen molar-refractivity contribution in [2.24, 2.45) is 0 Å². The van der Waals surface area contributed by atoms with Crippen molar-refractivity contribution in [1.29, 1.82) is 0 Å². The lowest BCUT2D eigenvalue weighted by Crippen LogP contribution is -2.37. The van der Waals surface area contributed by atoms with E-state index >= 15 is 0 Å². The molecule has 2 aromatic heterocycles. The molecule has 1 unspecified atom stereocenters. The van der Waals surface area contributed by atoms with Crippen LogP contribution in [0.5, 0.6) is 0 Å². The van der Waals surface area contributed by atoms with Crippen molar-refractivity contribution in [2.45, 2.75) is 38.9 Å². The normalized spacial score (nSPS) is 16.1. The average molecular weight is 447 g/mol. The van der Waals surface area contributed by atoms with Crippen LogP contribution in [0.3, 0.4) is 0 Å². The van der Waals surface area contributed by atoms with E-state index in [4.69, 9.17) is 0 Å². The number of rotatable bonds is 6. The van der Waals surface area contributed by atoms with E-state index in [1.54, 1.807) is 15.5 Å². The number of hydrogen-bond acceptors (Lipinski definition) is 6. The molecular formula is C24H26N6O3. The van der Waals surface area contributed by atoms with E-state index in [0.717, 1.165) is 18.4 Å². The molecule has 9 nitrogen and oxygen atoms in total. The van der Waals surface area contributed by atoms with Crippen LogP contribution in [-0.4, -0.2) is 54.3 Å². The summed E-state index contributed by atoms with van der Waals surface area (Å²) in [4.78, 5) is 27.8. The number of carbonyl (C=O) groups excluding carboxylic acids is 1. The molecule has 1 aliphatic rings. The van der Waals surface area contributed by atoms with Crippen LogP contribution >= 0.6 is 0 Å². The summed E-state index contributed by atoms with van der Waals surface area (Å²) >= 11 is 0. The number of aryl methyl sites for hydroxylation is 1. The fourth-order valence-corrected chi connectivity index (χ4v) is 4.66. The summed E-state index contributed by atoms with van der Waals surface area (Å²) in [5.74, 6) is 1.04. The first-order valence-corrected chi connectivity index (χ1v) is 11.2. The lowest BCUT2D eigenvalue weighted by atomic mass is 10.1. The van der Waals surface area contributed by atoms with Gasteiger partial charge in [0.25, 0.3) is 11.5 Å². The molecule has 1 aliphatic heterocycles.